The predicted molar refractivity (Wildman–Crippen MR) is 92.3 cm³/mol. The highest BCUT2D eigenvalue weighted by atomic mass is 16.1. The normalized spacial score (nSPS) is 17.8. The van der Waals surface area contributed by atoms with Gasteiger partial charge in [-0.3, -0.25) is 14.2 Å². The van der Waals surface area contributed by atoms with Crippen molar-refractivity contribution >= 4 is 16.8 Å². The second-order valence-electron chi connectivity index (χ2n) is 6.76. The smallest absolute Gasteiger partial charge is 0.261 e. The number of aromatic nitrogens is 2. The summed E-state index contributed by atoms with van der Waals surface area (Å²) in [4.78, 5) is 29.7. The molecule has 1 aromatic heterocycles. The maximum absolute atomic E-state index is 12.7. The number of nitrogens with one attached hydrogen (secondary N) is 2. The van der Waals surface area contributed by atoms with Crippen molar-refractivity contribution in [1.82, 2.24) is 20.2 Å². The van der Waals surface area contributed by atoms with Gasteiger partial charge >= 0.3 is 0 Å². The van der Waals surface area contributed by atoms with Gasteiger partial charge in [-0.2, -0.15) is 0 Å². The van der Waals surface area contributed by atoms with Crippen LogP contribution in [0.2, 0.25) is 0 Å². The van der Waals surface area contributed by atoms with Crippen LogP contribution in [0.15, 0.2) is 23.0 Å². The molecule has 0 atom stereocenters. The molecule has 0 radical (unpaired) electrons. The van der Waals surface area contributed by atoms with Crippen LogP contribution in [0.5, 0.6) is 0 Å². The first-order chi connectivity index (χ1) is 11.7. The average molecular weight is 326 g/mol. The molecule has 2 aliphatic rings. The summed E-state index contributed by atoms with van der Waals surface area (Å²) in [6, 6.07) is 5.21. The van der Waals surface area contributed by atoms with Gasteiger partial charge in [0.15, 0.2) is 0 Å². The van der Waals surface area contributed by atoms with Crippen LogP contribution in [0.25, 0.3) is 10.9 Å². The number of rotatable bonds is 3. The number of amides is 1. The minimum absolute atomic E-state index is 0.0180. The van der Waals surface area contributed by atoms with E-state index in [1.165, 1.54) is 0 Å². The first kappa shape index (κ1) is 15.3. The molecule has 1 saturated heterocycles. The summed E-state index contributed by atoms with van der Waals surface area (Å²) in [6.45, 7) is 3.35. The van der Waals surface area contributed by atoms with Crippen LogP contribution in [0.1, 0.15) is 35.4 Å². The Morgan fingerprint density at radius 1 is 1.29 bits per heavy atom. The van der Waals surface area contributed by atoms with Gasteiger partial charge in [-0.1, -0.05) is 6.42 Å². The molecule has 0 bridgehead atoms. The average Bonchev–Trinajstić information content (AvgIpc) is 2.78. The summed E-state index contributed by atoms with van der Waals surface area (Å²) in [5.41, 5.74) is 1.22. The second kappa shape index (κ2) is 6.36. The molecular weight excluding hydrogens is 304 g/mol. The minimum Gasteiger partial charge on any atom is -0.352 e. The molecule has 1 aromatic carbocycles. The summed E-state index contributed by atoms with van der Waals surface area (Å²) in [5.74, 6) is 1.27. The largest absolute Gasteiger partial charge is 0.352 e. The molecule has 0 aliphatic carbocycles. The Bertz CT molecular complexity index is 839. The lowest BCUT2D eigenvalue weighted by Crippen LogP contribution is -2.48. The van der Waals surface area contributed by atoms with Gasteiger partial charge < -0.3 is 10.6 Å². The molecule has 0 spiro atoms. The Labute approximate surface area is 140 Å². The van der Waals surface area contributed by atoms with E-state index in [0.29, 0.717) is 28.9 Å². The molecule has 3 heterocycles. The van der Waals surface area contributed by atoms with E-state index in [1.54, 1.807) is 22.8 Å². The van der Waals surface area contributed by atoms with Crippen molar-refractivity contribution < 1.29 is 4.79 Å². The van der Waals surface area contributed by atoms with Crippen molar-refractivity contribution in [2.24, 2.45) is 5.92 Å². The van der Waals surface area contributed by atoms with Crippen LogP contribution < -0.4 is 16.2 Å². The number of carbonyl (C=O) groups is 1. The molecule has 0 saturated carbocycles. The molecule has 0 unspecified atom stereocenters. The van der Waals surface area contributed by atoms with E-state index in [4.69, 9.17) is 0 Å². The van der Waals surface area contributed by atoms with Crippen molar-refractivity contribution in [3.05, 3.63) is 39.9 Å². The van der Waals surface area contributed by atoms with Crippen molar-refractivity contribution in [3.8, 4) is 0 Å². The monoisotopic (exact) mass is 326 g/mol. The highest BCUT2D eigenvalue weighted by molar-refractivity contribution is 5.97. The van der Waals surface area contributed by atoms with Gasteiger partial charge in [0.05, 0.1) is 10.9 Å². The molecule has 1 amide bonds. The van der Waals surface area contributed by atoms with Crippen LogP contribution in [0.4, 0.5) is 0 Å². The number of hydrogen-bond acceptors (Lipinski definition) is 4. The van der Waals surface area contributed by atoms with E-state index < -0.39 is 0 Å². The number of hydrogen-bond donors (Lipinski definition) is 2. The van der Waals surface area contributed by atoms with Crippen LogP contribution in [-0.2, 0) is 13.0 Å². The third kappa shape index (κ3) is 2.82. The van der Waals surface area contributed by atoms with E-state index in [-0.39, 0.29) is 11.5 Å². The zero-order chi connectivity index (χ0) is 16.5. The quantitative estimate of drug-likeness (QED) is 0.885. The first-order valence-corrected chi connectivity index (χ1v) is 8.75. The molecule has 24 heavy (non-hydrogen) atoms. The second-order valence-corrected chi connectivity index (χ2v) is 6.76. The zero-order valence-corrected chi connectivity index (χ0v) is 13.7. The van der Waals surface area contributed by atoms with Crippen molar-refractivity contribution in [2.45, 2.75) is 32.2 Å². The Morgan fingerprint density at radius 2 is 2.17 bits per heavy atom. The van der Waals surface area contributed by atoms with E-state index in [2.05, 4.69) is 15.6 Å². The lowest BCUT2D eigenvalue weighted by atomic mass is 10.0. The van der Waals surface area contributed by atoms with Crippen molar-refractivity contribution in [3.63, 3.8) is 0 Å². The first-order valence-electron chi connectivity index (χ1n) is 8.75. The standard InChI is InChI=1S/C18H22N4O2/c23-17(20-11-12-9-19-10-12)13-5-6-14-15(8-13)21-16-4-2-1-3-7-22(16)18(14)24/h5-6,8,12,19H,1-4,7,9-11H2,(H,20,23). The number of nitrogens with zero attached hydrogens (tertiary/aromatic N) is 2. The third-order valence-corrected chi connectivity index (χ3v) is 5.00. The van der Waals surface area contributed by atoms with Crippen molar-refractivity contribution in [1.29, 1.82) is 0 Å². The maximum atomic E-state index is 12.7. The highest BCUT2D eigenvalue weighted by Crippen LogP contribution is 2.16. The Balaban J connectivity index is 1.64. The van der Waals surface area contributed by atoms with E-state index in [9.17, 15) is 9.59 Å². The lowest BCUT2D eigenvalue weighted by Gasteiger charge is -2.27. The summed E-state index contributed by atoms with van der Waals surface area (Å²) < 4.78 is 1.80. The fourth-order valence-corrected chi connectivity index (χ4v) is 3.39. The van der Waals surface area contributed by atoms with Gasteiger partial charge in [-0.25, -0.2) is 4.98 Å². The van der Waals surface area contributed by atoms with E-state index >= 15 is 0 Å². The van der Waals surface area contributed by atoms with Gasteiger partial charge in [-0.05, 0) is 31.0 Å². The molecule has 2 aliphatic heterocycles. The minimum atomic E-state index is -0.0966. The zero-order valence-electron chi connectivity index (χ0n) is 13.7. The molecule has 2 aromatic rings. The van der Waals surface area contributed by atoms with Gasteiger partial charge in [0.1, 0.15) is 5.82 Å². The summed E-state index contributed by atoms with van der Waals surface area (Å²) in [7, 11) is 0. The van der Waals surface area contributed by atoms with Crippen LogP contribution in [-0.4, -0.2) is 35.1 Å². The van der Waals surface area contributed by atoms with E-state index in [0.717, 1.165) is 51.1 Å². The summed E-state index contributed by atoms with van der Waals surface area (Å²) >= 11 is 0. The number of aryl methyl sites for hydroxylation is 1. The van der Waals surface area contributed by atoms with E-state index in [1.807, 2.05) is 0 Å². The van der Waals surface area contributed by atoms with Crippen LogP contribution >= 0.6 is 0 Å². The summed E-state index contributed by atoms with van der Waals surface area (Å²) in [6.07, 6.45) is 4.04. The molecule has 1 fully saturated rings. The summed E-state index contributed by atoms with van der Waals surface area (Å²) in [5, 5.41) is 6.75. The molecule has 6 nitrogen and oxygen atoms in total. The third-order valence-electron chi connectivity index (χ3n) is 5.00. The van der Waals surface area contributed by atoms with Gasteiger partial charge in [0, 0.05) is 44.1 Å². The SMILES string of the molecule is O=C(NCC1CNC1)c1ccc2c(=O)n3c(nc2c1)CCCCC3. The number of fused-ring (bicyclic) bond motifs is 2. The number of carbonyl (C=O) groups excluding carboxylic acids is 1. The van der Waals surface area contributed by atoms with Crippen LogP contribution in [0, 0.1) is 5.92 Å². The van der Waals surface area contributed by atoms with Gasteiger partial charge in [0.2, 0.25) is 0 Å². The predicted octanol–water partition coefficient (Wildman–Crippen LogP) is 1.07. The maximum Gasteiger partial charge on any atom is 0.261 e. The van der Waals surface area contributed by atoms with Gasteiger partial charge in [-0.15, -0.1) is 0 Å². The highest BCUT2D eigenvalue weighted by Gasteiger charge is 2.18. The molecular formula is C18H22N4O2. The van der Waals surface area contributed by atoms with Crippen molar-refractivity contribution in [2.75, 3.05) is 19.6 Å². The topological polar surface area (TPSA) is 76.0 Å². The van der Waals surface area contributed by atoms with Crippen LogP contribution in [0.3, 0.4) is 0 Å². The fraction of sp³-hybridized carbons (Fsp3) is 0.500. The Hall–Kier alpha value is -2.21. The lowest BCUT2D eigenvalue weighted by molar-refractivity contribution is 0.0942. The van der Waals surface area contributed by atoms with Gasteiger partial charge in [0.25, 0.3) is 11.5 Å². The Morgan fingerprint density at radius 3 is 2.96 bits per heavy atom. The molecule has 4 rings (SSSR count). The molecule has 126 valence electrons. The number of benzene rings is 1. The fourth-order valence-electron chi connectivity index (χ4n) is 3.39. The molecule has 6 heteroatoms. The molecule has 2 N–H and O–H groups in total. The Kier molecular flexibility index (Phi) is 4.06.